The van der Waals surface area contributed by atoms with Crippen LogP contribution >= 0.6 is 15.9 Å². The summed E-state index contributed by atoms with van der Waals surface area (Å²) in [5, 5.41) is 1.12. The maximum atomic E-state index is 11.3. The van der Waals surface area contributed by atoms with Gasteiger partial charge >= 0.3 is 0 Å². The molecule has 0 N–H and O–H groups in total. The van der Waals surface area contributed by atoms with Gasteiger partial charge in [-0.3, -0.25) is 9.78 Å². The van der Waals surface area contributed by atoms with Crippen LogP contribution in [0.2, 0.25) is 0 Å². The van der Waals surface area contributed by atoms with E-state index >= 15 is 0 Å². The van der Waals surface area contributed by atoms with Gasteiger partial charge in [-0.1, -0.05) is 22.0 Å². The fourth-order valence-electron chi connectivity index (χ4n) is 2.38. The highest BCUT2D eigenvalue weighted by Gasteiger charge is 2.18. The van der Waals surface area contributed by atoms with Crippen LogP contribution in [0.25, 0.3) is 10.9 Å². The van der Waals surface area contributed by atoms with Crippen molar-refractivity contribution in [1.29, 1.82) is 0 Å². The quantitative estimate of drug-likeness (QED) is 0.811. The van der Waals surface area contributed by atoms with Crippen molar-refractivity contribution < 1.29 is 4.79 Å². The van der Waals surface area contributed by atoms with Crippen molar-refractivity contribution >= 4 is 38.3 Å². The Morgan fingerprint density at radius 3 is 2.78 bits per heavy atom. The summed E-state index contributed by atoms with van der Waals surface area (Å²) in [5.74, 6) is 0.360. The molecule has 0 aliphatic carbocycles. The molecule has 0 atom stereocenters. The number of carbonyl (C=O) groups is 1. The molecule has 2 aromatic rings. The van der Waals surface area contributed by atoms with Crippen molar-refractivity contribution in [3.05, 3.63) is 34.9 Å². The molecule has 4 heteroatoms. The largest absolute Gasteiger partial charge is 0.369 e. The van der Waals surface area contributed by atoms with Gasteiger partial charge in [-0.25, -0.2) is 0 Å². The number of halogens is 1. The zero-order valence-corrected chi connectivity index (χ0v) is 11.5. The van der Waals surface area contributed by atoms with Gasteiger partial charge in [-0.05, 0) is 18.2 Å². The third-order valence-electron chi connectivity index (χ3n) is 3.31. The van der Waals surface area contributed by atoms with E-state index in [0.717, 1.165) is 34.2 Å². The van der Waals surface area contributed by atoms with E-state index in [1.807, 2.05) is 12.3 Å². The number of ketones is 1. The lowest BCUT2D eigenvalue weighted by Crippen LogP contribution is -2.33. The monoisotopic (exact) mass is 304 g/mol. The summed E-state index contributed by atoms with van der Waals surface area (Å²) in [6.07, 6.45) is 3.09. The van der Waals surface area contributed by atoms with Crippen molar-refractivity contribution in [3.8, 4) is 0 Å². The molecule has 92 valence electrons. The van der Waals surface area contributed by atoms with Crippen molar-refractivity contribution in [2.24, 2.45) is 0 Å². The Kier molecular flexibility index (Phi) is 3.04. The third kappa shape index (κ3) is 2.12. The SMILES string of the molecule is O=C1CCN(c2cc(Br)cc3cccnc23)CC1. The number of fused-ring (bicyclic) bond motifs is 1. The topological polar surface area (TPSA) is 33.2 Å². The Morgan fingerprint density at radius 2 is 2.00 bits per heavy atom. The highest BCUT2D eigenvalue weighted by Crippen LogP contribution is 2.30. The van der Waals surface area contributed by atoms with Crippen LogP contribution in [0.15, 0.2) is 34.9 Å². The van der Waals surface area contributed by atoms with Gasteiger partial charge in [-0.2, -0.15) is 0 Å². The number of carbonyl (C=O) groups excluding carboxylic acids is 1. The minimum absolute atomic E-state index is 0.360. The fraction of sp³-hybridized carbons (Fsp3) is 0.286. The minimum atomic E-state index is 0.360. The normalized spacial score (nSPS) is 16.3. The minimum Gasteiger partial charge on any atom is -0.369 e. The van der Waals surface area contributed by atoms with Crippen LogP contribution in [0.3, 0.4) is 0 Å². The van der Waals surface area contributed by atoms with Crippen LogP contribution in [0.4, 0.5) is 5.69 Å². The van der Waals surface area contributed by atoms with Gasteiger partial charge in [0.05, 0.1) is 11.2 Å². The predicted molar refractivity (Wildman–Crippen MR) is 75.9 cm³/mol. The maximum Gasteiger partial charge on any atom is 0.136 e. The van der Waals surface area contributed by atoms with E-state index in [0.29, 0.717) is 18.6 Å². The van der Waals surface area contributed by atoms with Gasteiger partial charge in [-0.15, -0.1) is 0 Å². The molecule has 0 bridgehead atoms. The molecule has 1 aromatic carbocycles. The number of Topliss-reactive ketones (excluding diaryl/α,β-unsaturated/α-hetero) is 1. The van der Waals surface area contributed by atoms with E-state index in [2.05, 4.69) is 44.0 Å². The summed E-state index contributed by atoms with van der Waals surface area (Å²) < 4.78 is 1.05. The first-order valence-corrected chi connectivity index (χ1v) is 6.84. The lowest BCUT2D eigenvalue weighted by Gasteiger charge is -2.29. The standard InChI is InChI=1S/C14H13BrN2O/c15-11-8-10-2-1-5-16-14(10)13(9-11)17-6-3-12(18)4-7-17/h1-2,5,8-9H,3-4,6-7H2. The molecular weight excluding hydrogens is 292 g/mol. The molecular formula is C14H13BrN2O. The molecule has 2 heterocycles. The van der Waals surface area contributed by atoms with E-state index in [1.165, 1.54) is 0 Å². The van der Waals surface area contributed by atoms with Crippen LogP contribution in [0, 0.1) is 0 Å². The number of piperidine rings is 1. The van der Waals surface area contributed by atoms with Crippen molar-refractivity contribution in [1.82, 2.24) is 4.98 Å². The van der Waals surface area contributed by atoms with Crippen LogP contribution in [0.1, 0.15) is 12.8 Å². The summed E-state index contributed by atoms with van der Waals surface area (Å²) in [4.78, 5) is 18.0. The molecule has 0 radical (unpaired) electrons. The first-order chi connectivity index (χ1) is 8.74. The van der Waals surface area contributed by atoms with Crippen molar-refractivity contribution in [2.75, 3.05) is 18.0 Å². The Labute approximate surface area is 114 Å². The number of nitrogens with zero attached hydrogens (tertiary/aromatic N) is 2. The Balaban J connectivity index is 2.07. The zero-order valence-electron chi connectivity index (χ0n) is 9.90. The van der Waals surface area contributed by atoms with Crippen LogP contribution in [0.5, 0.6) is 0 Å². The molecule has 1 aromatic heterocycles. The first kappa shape index (κ1) is 11.7. The molecule has 3 rings (SSSR count). The summed E-state index contributed by atoms with van der Waals surface area (Å²) >= 11 is 3.54. The molecule has 3 nitrogen and oxygen atoms in total. The molecule has 0 saturated carbocycles. The number of hydrogen-bond acceptors (Lipinski definition) is 3. The molecule has 0 unspecified atom stereocenters. The fourth-order valence-corrected chi connectivity index (χ4v) is 2.84. The van der Waals surface area contributed by atoms with Crippen LogP contribution in [-0.4, -0.2) is 23.9 Å². The summed E-state index contributed by atoms with van der Waals surface area (Å²) in [5.41, 5.74) is 2.13. The highest BCUT2D eigenvalue weighted by atomic mass is 79.9. The average Bonchev–Trinajstić information content (AvgIpc) is 2.38. The smallest absolute Gasteiger partial charge is 0.136 e. The molecule has 1 saturated heterocycles. The Morgan fingerprint density at radius 1 is 1.22 bits per heavy atom. The second-order valence-electron chi connectivity index (χ2n) is 4.53. The van der Waals surface area contributed by atoms with Gasteiger partial charge in [0.1, 0.15) is 5.78 Å². The molecule has 18 heavy (non-hydrogen) atoms. The second kappa shape index (κ2) is 4.69. The average molecular weight is 305 g/mol. The van der Waals surface area contributed by atoms with Crippen molar-refractivity contribution in [3.63, 3.8) is 0 Å². The van der Waals surface area contributed by atoms with E-state index in [4.69, 9.17) is 0 Å². The first-order valence-electron chi connectivity index (χ1n) is 6.05. The number of aromatic nitrogens is 1. The summed E-state index contributed by atoms with van der Waals surface area (Å²) in [7, 11) is 0. The number of benzene rings is 1. The molecule has 1 aliphatic heterocycles. The molecule has 0 amide bonds. The van der Waals surface area contributed by atoms with E-state index in [9.17, 15) is 4.79 Å². The van der Waals surface area contributed by atoms with Gasteiger partial charge in [0.15, 0.2) is 0 Å². The van der Waals surface area contributed by atoms with E-state index < -0.39 is 0 Å². The van der Waals surface area contributed by atoms with Crippen LogP contribution in [-0.2, 0) is 4.79 Å². The van der Waals surface area contributed by atoms with Crippen molar-refractivity contribution in [2.45, 2.75) is 12.8 Å². The predicted octanol–water partition coefficient (Wildman–Crippen LogP) is 3.17. The Bertz CT molecular complexity index is 602. The number of rotatable bonds is 1. The van der Waals surface area contributed by atoms with Gasteiger partial charge in [0.2, 0.25) is 0 Å². The Hall–Kier alpha value is -1.42. The zero-order chi connectivity index (χ0) is 12.5. The second-order valence-corrected chi connectivity index (χ2v) is 5.44. The molecule has 0 spiro atoms. The number of pyridine rings is 1. The highest BCUT2D eigenvalue weighted by molar-refractivity contribution is 9.10. The molecule has 1 fully saturated rings. The number of hydrogen-bond donors (Lipinski definition) is 0. The van der Waals surface area contributed by atoms with E-state index in [1.54, 1.807) is 0 Å². The van der Waals surface area contributed by atoms with Gasteiger partial charge < -0.3 is 4.90 Å². The lowest BCUT2D eigenvalue weighted by atomic mass is 10.1. The van der Waals surface area contributed by atoms with E-state index in [-0.39, 0.29) is 0 Å². The summed E-state index contributed by atoms with van der Waals surface area (Å²) in [6.45, 7) is 1.59. The molecule has 1 aliphatic rings. The van der Waals surface area contributed by atoms with Gasteiger partial charge in [0, 0.05) is 42.0 Å². The number of anilines is 1. The lowest BCUT2D eigenvalue weighted by molar-refractivity contribution is -0.119. The van der Waals surface area contributed by atoms with Crippen LogP contribution < -0.4 is 4.90 Å². The third-order valence-corrected chi connectivity index (χ3v) is 3.77. The van der Waals surface area contributed by atoms with Gasteiger partial charge in [0.25, 0.3) is 0 Å². The summed E-state index contributed by atoms with van der Waals surface area (Å²) in [6, 6.07) is 8.16. The maximum absolute atomic E-state index is 11.3.